The number of aromatic amines is 1. The molecule has 0 fully saturated rings. The van der Waals surface area contributed by atoms with Crippen LogP contribution >= 0.6 is 15.9 Å². The normalized spacial score (nSPS) is 10.8. The Morgan fingerprint density at radius 2 is 2.16 bits per heavy atom. The maximum Gasteiger partial charge on any atom is 0.145 e. The molecule has 0 saturated carbocycles. The van der Waals surface area contributed by atoms with Gasteiger partial charge in [-0.1, -0.05) is 6.07 Å². The van der Waals surface area contributed by atoms with Gasteiger partial charge in [0.05, 0.1) is 11.4 Å². The van der Waals surface area contributed by atoms with Crippen molar-refractivity contribution in [2.45, 2.75) is 6.92 Å². The first kappa shape index (κ1) is 12.0. The summed E-state index contributed by atoms with van der Waals surface area (Å²) in [5, 5.41) is 6.83. The van der Waals surface area contributed by atoms with E-state index >= 15 is 0 Å². The smallest absolute Gasteiger partial charge is 0.145 e. The number of imidazole rings is 1. The average molecular weight is 318 g/mol. The second-order valence-corrected chi connectivity index (χ2v) is 5.07. The summed E-state index contributed by atoms with van der Waals surface area (Å²) in [6.45, 7) is 1.97. The minimum Gasteiger partial charge on any atom is -0.382 e. The Kier molecular flexibility index (Phi) is 2.87. The Labute approximate surface area is 118 Å². The first-order valence-electron chi connectivity index (χ1n) is 5.76. The number of nitrogen functional groups attached to an aromatic ring is 1. The summed E-state index contributed by atoms with van der Waals surface area (Å²) in [4.78, 5) is 4.23. The number of hydrogen-bond acceptors (Lipinski definition) is 3. The zero-order valence-corrected chi connectivity index (χ0v) is 11.8. The molecule has 0 atom stereocenters. The summed E-state index contributed by atoms with van der Waals surface area (Å²) in [7, 11) is 0. The van der Waals surface area contributed by atoms with Gasteiger partial charge in [-0.15, -0.1) is 0 Å². The van der Waals surface area contributed by atoms with Crippen LogP contribution in [0.15, 0.2) is 41.1 Å². The third-order valence-corrected chi connectivity index (χ3v) is 3.58. The summed E-state index contributed by atoms with van der Waals surface area (Å²) >= 11 is 3.59. The van der Waals surface area contributed by atoms with E-state index in [1.807, 2.05) is 42.0 Å². The van der Waals surface area contributed by atoms with Gasteiger partial charge in [0.15, 0.2) is 0 Å². The summed E-state index contributed by atoms with van der Waals surface area (Å²) in [6.07, 6.45) is 3.72. The van der Waals surface area contributed by atoms with Crippen molar-refractivity contribution in [1.82, 2.24) is 19.7 Å². The molecule has 0 aliphatic heterocycles. The number of hydrogen-bond donors (Lipinski definition) is 2. The lowest BCUT2D eigenvalue weighted by molar-refractivity contribution is 0.970. The van der Waals surface area contributed by atoms with Crippen molar-refractivity contribution in [3.05, 3.63) is 47.0 Å². The molecule has 0 amide bonds. The molecule has 6 heteroatoms. The van der Waals surface area contributed by atoms with Crippen molar-refractivity contribution in [3.8, 4) is 16.9 Å². The van der Waals surface area contributed by atoms with Crippen molar-refractivity contribution >= 4 is 21.7 Å². The molecule has 2 aromatic heterocycles. The molecule has 3 aromatic rings. The van der Waals surface area contributed by atoms with Crippen LogP contribution in [0.1, 0.15) is 5.82 Å². The van der Waals surface area contributed by atoms with E-state index in [-0.39, 0.29) is 0 Å². The van der Waals surface area contributed by atoms with Gasteiger partial charge >= 0.3 is 0 Å². The molecule has 0 aliphatic rings. The molecule has 3 N–H and O–H groups in total. The zero-order chi connectivity index (χ0) is 13.4. The van der Waals surface area contributed by atoms with E-state index in [4.69, 9.17) is 5.73 Å². The van der Waals surface area contributed by atoms with E-state index in [9.17, 15) is 0 Å². The van der Waals surface area contributed by atoms with Gasteiger partial charge in [0.2, 0.25) is 0 Å². The fraction of sp³-hybridized carbons (Fsp3) is 0.0769. The molecule has 1 aromatic carbocycles. The quantitative estimate of drug-likeness (QED) is 0.763. The van der Waals surface area contributed by atoms with Crippen molar-refractivity contribution in [1.29, 1.82) is 0 Å². The highest BCUT2D eigenvalue weighted by molar-refractivity contribution is 9.10. The molecule has 0 aliphatic carbocycles. The molecule has 0 radical (unpaired) electrons. The van der Waals surface area contributed by atoms with Gasteiger partial charge < -0.3 is 10.3 Å². The third-order valence-electron chi connectivity index (χ3n) is 2.94. The van der Waals surface area contributed by atoms with Gasteiger partial charge in [0.25, 0.3) is 0 Å². The standard InChI is InChI=1S/C13H12BrN5/c1-8-16-4-5-19(8)12-3-2-9(6-10(12)14)11-7-13(15)18-17-11/h2-7H,1H3,(H3,15,17,18). The highest BCUT2D eigenvalue weighted by atomic mass is 79.9. The number of halogens is 1. The van der Waals surface area contributed by atoms with Crippen molar-refractivity contribution in [2.75, 3.05) is 5.73 Å². The molecular weight excluding hydrogens is 306 g/mol. The number of rotatable bonds is 2. The Morgan fingerprint density at radius 3 is 2.74 bits per heavy atom. The molecule has 0 unspecified atom stereocenters. The van der Waals surface area contributed by atoms with E-state index in [2.05, 4.69) is 31.1 Å². The second kappa shape index (κ2) is 4.55. The second-order valence-electron chi connectivity index (χ2n) is 4.22. The summed E-state index contributed by atoms with van der Waals surface area (Å²) < 4.78 is 3.01. The minimum absolute atomic E-state index is 0.487. The Morgan fingerprint density at radius 1 is 1.32 bits per heavy atom. The number of anilines is 1. The van der Waals surface area contributed by atoms with E-state index < -0.39 is 0 Å². The van der Waals surface area contributed by atoms with Crippen LogP contribution in [0.3, 0.4) is 0 Å². The molecule has 0 saturated heterocycles. The van der Waals surface area contributed by atoms with Crippen molar-refractivity contribution in [3.63, 3.8) is 0 Å². The van der Waals surface area contributed by atoms with Crippen LogP contribution < -0.4 is 5.73 Å². The number of benzene rings is 1. The number of nitrogens with two attached hydrogens (primary N) is 1. The van der Waals surface area contributed by atoms with Crippen molar-refractivity contribution < 1.29 is 0 Å². The van der Waals surface area contributed by atoms with Crippen molar-refractivity contribution in [2.24, 2.45) is 0 Å². The monoisotopic (exact) mass is 317 g/mol. The molecule has 5 nitrogen and oxygen atoms in total. The fourth-order valence-corrected chi connectivity index (χ4v) is 2.56. The van der Waals surface area contributed by atoms with Crippen LogP contribution in [0.2, 0.25) is 0 Å². The first-order chi connectivity index (χ1) is 9.15. The van der Waals surface area contributed by atoms with Gasteiger partial charge in [-0.3, -0.25) is 5.10 Å². The Bertz CT molecular complexity index is 728. The van der Waals surface area contributed by atoms with Crippen LogP contribution in [-0.4, -0.2) is 19.7 Å². The van der Waals surface area contributed by atoms with E-state index in [1.54, 1.807) is 6.20 Å². The molecule has 2 heterocycles. The Hall–Kier alpha value is -2.08. The first-order valence-corrected chi connectivity index (χ1v) is 6.55. The number of H-pyrrole nitrogens is 1. The lowest BCUT2D eigenvalue weighted by Gasteiger charge is -2.09. The maximum atomic E-state index is 5.61. The van der Waals surface area contributed by atoms with Crippen LogP contribution in [0, 0.1) is 6.92 Å². The van der Waals surface area contributed by atoms with Crippen LogP contribution in [-0.2, 0) is 0 Å². The molecule has 0 bridgehead atoms. The van der Waals surface area contributed by atoms with Gasteiger partial charge in [-0.2, -0.15) is 5.10 Å². The number of nitrogens with one attached hydrogen (secondary N) is 1. The van der Waals surface area contributed by atoms with Gasteiger partial charge in [-0.25, -0.2) is 4.98 Å². The number of aromatic nitrogens is 4. The SMILES string of the molecule is Cc1nccn1-c1ccc(-c2cc(N)n[nH]2)cc1Br. The summed E-state index contributed by atoms with van der Waals surface area (Å²) in [5.41, 5.74) is 8.58. The fourth-order valence-electron chi connectivity index (χ4n) is 1.99. The van der Waals surface area contributed by atoms with Crippen LogP contribution in [0.25, 0.3) is 16.9 Å². The van der Waals surface area contributed by atoms with E-state index in [1.165, 1.54) is 0 Å². The molecular formula is C13H12BrN5. The van der Waals surface area contributed by atoms with E-state index in [0.717, 1.165) is 27.2 Å². The number of aryl methyl sites for hydroxylation is 1. The molecule has 3 rings (SSSR count). The summed E-state index contributed by atoms with van der Waals surface area (Å²) in [6, 6.07) is 7.89. The van der Waals surface area contributed by atoms with Crippen LogP contribution in [0.5, 0.6) is 0 Å². The predicted molar refractivity (Wildman–Crippen MR) is 78.0 cm³/mol. The summed E-state index contributed by atoms with van der Waals surface area (Å²) in [5.74, 6) is 1.43. The zero-order valence-electron chi connectivity index (χ0n) is 10.3. The highest BCUT2D eigenvalue weighted by Gasteiger charge is 2.08. The topological polar surface area (TPSA) is 72.5 Å². The van der Waals surface area contributed by atoms with Crippen LogP contribution in [0.4, 0.5) is 5.82 Å². The lowest BCUT2D eigenvalue weighted by Crippen LogP contribution is -1.96. The lowest BCUT2D eigenvalue weighted by atomic mass is 10.1. The molecule has 96 valence electrons. The maximum absolute atomic E-state index is 5.61. The average Bonchev–Trinajstić information content (AvgIpc) is 2.98. The minimum atomic E-state index is 0.487. The van der Waals surface area contributed by atoms with Gasteiger partial charge in [-0.05, 0) is 35.0 Å². The Balaban J connectivity index is 2.06. The predicted octanol–water partition coefficient (Wildman–Crippen LogP) is 2.92. The number of nitrogens with zero attached hydrogens (tertiary/aromatic N) is 3. The van der Waals surface area contributed by atoms with Gasteiger partial charge in [0.1, 0.15) is 11.6 Å². The van der Waals surface area contributed by atoms with Gasteiger partial charge in [0, 0.05) is 28.5 Å². The largest absolute Gasteiger partial charge is 0.382 e. The molecule has 0 spiro atoms. The molecule has 19 heavy (non-hydrogen) atoms. The highest BCUT2D eigenvalue weighted by Crippen LogP contribution is 2.28. The third kappa shape index (κ3) is 2.15. The van der Waals surface area contributed by atoms with E-state index in [0.29, 0.717) is 5.82 Å².